The third-order valence-corrected chi connectivity index (χ3v) is 4.02. The van der Waals surface area contributed by atoms with Crippen LogP contribution >= 0.6 is 0 Å². The fourth-order valence-corrected chi connectivity index (χ4v) is 2.82. The molecule has 0 bridgehead atoms. The van der Waals surface area contributed by atoms with E-state index in [0.29, 0.717) is 6.10 Å². The van der Waals surface area contributed by atoms with Gasteiger partial charge in [-0.05, 0) is 37.1 Å². The van der Waals surface area contributed by atoms with Gasteiger partial charge in [0.25, 0.3) is 0 Å². The topological polar surface area (TPSA) is 30.5 Å². The van der Waals surface area contributed by atoms with Crippen LogP contribution in [0.2, 0.25) is 0 Å². The van der Waals surface area contributed by atoms with Crippen molar-refractivity contribution in [1.82, 2.24) is 5.32 Å². The highest BCUT2D eigenvalue weighted by Gasteiger charge is 2.17. The maximum atomic E-state index is 6.11. The number of hydrogen-bond acceptors (Lipinski definition) is 3. The molecule has 1 unspecified atom stereocenters. The molecule has 0 spiro atoms. The summed E-state index contributed by atoms with van der Waals surface area (Å²) in [5.74, 6) is 0.900. The van der Waals surface area contributed by atoms with Gasteiger partial charge in [-0.3, -0.25) is 0 Å². The zero-order valence-electron chi connectivity index (χ0n) is 12.7. The van der Waals surface area contributed by atoms with Gasteiger partial charge in [0.2, 0.25) is 0 Å². The molecular formula is C17H27NO2. The average molecular weight is 277 g/mol. The van der Waals surface area contributed by atoms with Gasteiger partial charge in [-0.2, -0.15) is 0 Å². The lowest BCUT2D eigenvalue weighted by molar-refractivity contribution is 0.0157. The highest BCUT2D eigenvalue weighted by Crippen LogP contribution is 2.23. The summed E-state index contributed by atoms with van der Waals surface area (Å²) in [7, 11) is 1.70. The maximum Gasteiger partial charge on any atom is 0.118 e. The fourth-order valence-electron chi connectivity index (χ4n) is 2.82. The lowest BCUT2D eigenvalue weighted by atomic mass is 9.97. The Hall–Kier alpha value is -1.06. The number of benzene rings is 1. The van der Waals surface area contributed by atoms with Crippen LogP contribution in [0.3, 0.4) is 0 Å². The highest BCUT2D eigenvalue weighted by atomic mass is 16.5. The van der Waals surface area contributed by atoms with Crippen LogP contribution in [-0.4, -0.2) is 26.4 Å². The van der Waals surface area contributed by atoms with Gasteiger partial charge >= 0.3 is 0 Å². The third kappa shape index (κ3) is 4.50. The van der Waals surface area contributed by atoms with E-state index in [2.05, 4.69) is 24.4 Å². The lowest BCUT2D eigenvalue weighted by Crippen LogP contribution is -2.28. The van der Waals surface area contributed by atoms with Crippen molar-refractivity contribution in [2.45, 2.75) is 51.2 Å². The molecule has 1 aromatic rings. The first-order chi connectivity index (χ1) is 9.83. The van der Waals surface area contributed by atoms with E-state index < -0.39 is 0 Å². The molecule has 3 nitrogen and oxygen atoms in total. The number of likely N-dealkylation sites (N-methyl/N-ethyl adjacent to an activating group) is 1. The molecule has 0 heterocycles. The van der Waals surface area contributed by atoms with E-state index in [1.165, 1.54) is 37.7 Å². The van der Waals surface area contributed by atoms with Gasteiger partial charge in [0.15, 0.2) is 0 Å². The van der Waals surface area contributed by atoms with Crippen LogP contribution in [-0.2, 0) is 4.74 Å². The normalized spacial score (nSPS) is 17.9. The molecule has 0 aromatic heterocycles. The Morgan fingerprint density at radius 2 is 1.85 bits per heavy atom. The average Bonchev–Trinajstić information content (AvgIpc) is 2.52. The molecule has 1 fully saturated rings. The van der Waals surface area contributed by atoms with Crippen LogP contribution in [0.25, 0.3) is 0 Å². The zero-order chi connectivity index (χ0) is 14.2. The van der Waals surface area contributed by atoms with Gasteiger partial charge in [0, 0.05) is 0 Å². The summed E-state index contributed by atoms with van der Waals surface area (Å²) in [6.07, 6.45) is 6.92. The summed E-state index contributed by atoms with van der Waals surface area (Å²) >= 11 is 0. The SMILES string of the molecule is CCNC(COC1CCCCC1)c1ccc(OC)cc1. The van der Waals surface area contributed by atoms with E-state index in [1.807, 2.05) is 12.1 Å². The van der Waals surface area contributed by atoms with E-state index in [4.69, 9.17) is 9.47 Å². The molecule has 1 aromatic carbocycles. The molecule has 20 heavy (non-hydrogen) atoms. The maximum absolute atomic E-state index is 6.11. The number of ether oxygens (including phenoxy) is 2. The van der Waals surface area contributed by atoms with Crippen molar-refractivity contribution < 1.29 is 9.47 Å². The summed E-state index contributed by atoms with van der Waals surface area (Å²) in [4.78, 5) is 0. The molecule has 1 N–H and O–H groups in total. The van der Waals surface area contributed by atoms with Gasteiger partial charge in [-0.1, -0.05) is 38.3 Å². The number of methoxy groups -OCH3 is 1. The van der Waals surface area contributed by atoms with Gasteiger partial charge in [0.1, 0.15) is 5.75 Å². The zero-order valence-corrected chi connectivity index (χ0v) is 12.7. The molecule has 1 saturated carbocycles. The van der Waals surface area contributed by atoms with Gasteiger partial charge < -0.3 is 14.8 Å². The van der Waals surface area contributed by atoms with E-state index in [1.54, 1.807) is 7.11 Å². The van der Waals surface area contributed by atoms with Crippen LogP contribution < -0.4 is 10.1 Å². The molecule has 112 valence electrons. The van der Waals surface area contributed by atoms with E-state index in [9.17, 15) is 0 Å². The van der Waals surface area contributed by atoms with E-state index in [-0.39, 0.29) is 6.04 Å². The minimum Gasteiger partial charge on any atom is -0.497 e. The monoisotopic (exact) mass is 277 g/mol. The Balaban J connectivity index is 1.90. The Morgan fingerprint density at radius 3 is 2.45 bits per heavy atom. The second kappa shape index (κ2) is 8.28. The number of rotatable bonds is 7. The Bertz CT molecular complexity index is 371. The molecular weight excluding hydrogens is 250 g/mol. The Labute approximate surface area is 122 Å². The van der Waals surface area contributed by atoms with Crippen LogP contribution in [0.5, 0.6) is 5.75 Å². The van der Waals surface area contributed by atoms with Crippen LogP contribution in [0.1, 0.15) is 50.6 Å². The molecule has 3 heteroatoms. The molecule has 1 aliphatic rings. The summed E-state index contributed by atoms with van der Waals surface area (Å²) in [5.41, 5.74) is 1.27. The highest BCUT2D eigenvalue weighted by molar-refractivity contribution is 5.29. The number of nitrogens with one attached hydrogen (secondary N) is 1. The largest absolute Gasteiger partial charge is 0.497 e. The quantitative estimate of drug-likeness (QED) is 0.824. The van der Waals surface area contributed by atoms with E-state index in [0.717, 1.165) is 18.9 Å². The molecule has 0 aliphatic heterocycles. The summed E-state index contributed by atoms with van der Waals surface area (Å²) < 4.78 is 11.3. The summed E-state index contributed by atoms with van der Waals surface area (Å²) in [5, 5.41) is 3.51. The minimum atomic E-state index is 0.271. The molecule has 1 atom stereocenters. The predicted octanol–water partition coefficient (Wildman–Crippen LogP) is 3.70. The van der Waals surface area contributed by atoms with Gasteiger partial charge in [-0.15, -0.1) is 0 Å². The van der Waals surface area contributed by atoms with Gasteiger partial charge in [0.05, 0.1) is 25.9 Å². The number of hydrogen-bond donors (Lipinski definition) is 1. The fraction of sp³-hybridized carbons (Fsp3) is 0.647. The Kier molecular flexibility index (Phi) is 6.34. The lowest BCUT2D eigenvalue weighted by Gasteiger charge is -2.26. The predicted molar refractivity (Wildman–Crippen MR) is 82.2 cm³/mol. The molecule has 0 radical (unpaired) electrons. The molecule has 0 amide bonds. The van der Waals surface area contributed by atoms with Crippen LogP contribution in [0.4, 0.5) is 0 Å². The van der Waals surface area contributed by atoms with Crippen molar-refractivity contribution in [3.8, 4) is 5.75 Å². The smallest absolute Gasteiger partial charge is 0.118 e. The van der Waals surface area contributed by atoms with Gasteiger partial charge in [-0.25, -0.2) is 0 Å². The minimum absolute atomic E-state index is 0.271. The van der Waals surface area contributed by atoms with Crippen LogP contribution in [0.15, 0.2) is 24.3 Å². The van der Waals surface area contributed by atoms with Crippen LogP contribution in [0, 0.1) is 0 Å². The van der Waals surface area contributed by atoms with Crippen molar-refractivity contribution in [2.75, 3.05) is 20.3 Å². The van der Waals surface area contributed by atoms with Crippen molar-refractivity contribution in [3.05, 3.63) is 29.8 Å². The first-order valence-corrected chi connectivity index (χ1v) is 7.82. The van der Waals surface area contributed by atoms with Crippen molar-refractivity contribution in [2.24, 2.45) is 0 Å². The summed E-state index contributed by atoms with van der Waals surface area (Å²) in [6.45, 7) is 3.84. The molecule has 1 aliphatic carbocycles. The standard InChI is InChI=1S/C17H27NO2/c1-3-18-17(13-20-16-7-5-4-6-8-16)14-9-11-15(19-2)12-10-14/h9-12,16-18H,3-8,13H2,1-2H3. The molecule has 0 saturated heterocycles. The Morgan fingerprint density at radius 1 is 1.15 bits per heavy atom. The summed E-state index contributed by atoms with van der Waals surface area (Å²) in [6, 6.07) is 8.54. The third-order valence-electron chi connectivity index (χ3n) is 4.02. The second-order valence-electron chi connectivity index (χ2n) is 5.48. The van der Waals surface area contributed by atoms with Crippen molar-refractivity contribution >= 4 is 0 Å². The molecule has 2 rings (SSSR count). The first-order valence-electron chi connectivity index (χ1n) is 7.82. The second-order valence-corrected chi connectivity index (χ2v) is 5.48. The van der Waals surface area contributed by atoms with Crippen molar-refractivity contribution in [3.63, 3.8) is 0 Å². The van der Waals surface area contributed by atoms with E-state index >= 15 is 0 Å². The van der Waals surface area contributed by atoms with Crippen molar-refractivity contribution in [1.29, 1.82) is 0 Å². The first kappa shape index (κ1) is 15.3.